The zero-order valence-corrected chi connectivity index (χ0v) is 13.2. The van der Waals surface area contributed by atoms with Crippen molar-refractivity contribution >= 4 is 21.6 Å². The third kappa shape index (κ3) is 3.81. The standard InChI is InChI=1S/C16H18BrFN2/c1-19-10-13-9-15(18)7-8-16(13)20(2)11-12-3-5-14(17)6-4-12/h3-9,19H,10-11H2,1-2H3. The molecular formula is C16H18BrFN2. The minimum atomic E-state index is -0.198. The second-order valence-corrected chi connectivity index (χ2v) is 5.70. The predicted molar refractivity (Wildman–Crippen MR) is 85.4 cm³/mol. The highest BCUT2D eigenvalue weighted by molar-refractivity contribution is 9.10. The Bertz CT molecular complexity index is 569. The molecule has 0 heterocycles. The van der Waals surface area contributed by atoms with Crippen molar-refractivity contribution in [1.29, 1.82) is 0 Å². The van der Waals surface area contributed by atoms with E-state index in [0.29, 0.717) is 6.54 Å². The van der Waals surface area contributed by atoms with Gasteiger partial charge >= 0.3 is 0 Å². The molecule has 0 aromatic heterocycles. The molecular weight excluding hydrogens is 319 g/mol. The highest BCUT2D eigenvalue weighted by Crippen LogP contribution is 2.23. The fourth-order valence-electron chi connectivity index (χ4n) is 2.21. The Morgan fingerprint density at radius 3 is 2.50 bits per heavy atom. The van der Waals surface area contributed by atoms with Gasteiger partial charge in [-0.3, -0.25) is 0 Å². The first-order chi connectivity index (χ1) is 9.60. The summed E-state index contributed by atoms with van der Waals surface area (Å²) < 4.78 is 14.4. The fraction of sp³-hybridized carbons (Fsp3) is 0.250. The minimum absolute atomic E-state index is 0.198. The monoisotopic (exact) mass is 336 g/mol. The van der Waals surface area contributed by atoms with Crippen LogP contribution in [0.3, 0.4) is 0 Å². The fourth-order valence-corrected chi connectivity index (χ4v) is 2.47. The maximum absolute atomic E-state index is 13.4. The molecule has 0 amide bonds. The summed E-state index contributed by atoms with van der Waals surface area (Å²) in [6.45, 7) is 1.44. The van der Waals surface area contributed by atoms with E-state index in [9.17, 15) is 4.39 Å². The summed E-state index contributed by atoms with van der Waals surface area (Å²) in [4.78, 5) is 2.13. The van der Waals surface area contributed by atoms with Gasteiger partial charge in [0.05, 0.1) is 0 Å². The molecule has 0 spiro atoms. The first-order valence-corrected chi connectivity index (χ1v) is 7.28. The second kappa shape index (κ2) is 6.86. The molecule has 2 rings (SSSR count). The van der Waals surface area contributed by atoms with E-state index < -0.39 is 0 Å². The Balaban J connectivity index is 2.19. The van der Waals surface area contributed by atoms with Crippen molar-refractivity contribution in [2.24, 2.45) is 0 Å². The first-order valence-electron chi connectivity index (χ1n) is 6.49. The lowest BCUT2D eigenvalue weighted by Crippen LogP contribution is -2.19. The lowest BCUT2D eigenvalue weighted by Gasteiger charge is -2.23. The van der Waals surface area contributed by atoms with Gasteiger partial charge < -0.3 is 10.2 Å². The Morgan fingerprint density at radius 2 is 1.85 bits per heavy atom. The quantitative estimate of drug-likeness (QED) is 0.889. The van der Waals surface area contributed by atoms with Crippen LogP contribution in [0.4, 0.5) is 10.1 Å². The number of benzene rings is 2. The largest absolute Gasteiger partial charge is 0.370 e. The van der Waals surface area contributed by atoms with Crippen LogP contribution in [0.5, 0.6) is 0 Å². The third-order valence-corrected chi connectivity index (χ3v) is 3.68. The molecule has 0 aliphatic heterocycles. The number of hydrogen-bond donors (Lipinski definition) is 1. The molecule has 2 aromatic carbocycles. The molecule has 0 unspecified atom stereocenters. The van der Waals surface area contributed by atoms with Gasteiger partial charge in [-0.25, -0.2) is 4.39 Å². The van der Waals surface area contributed by atoms with Gasteiger partial charge in [-0.05, 0) is 48.5 Å². The molecule has 0 aliphatic carbocycles. The SMILES string of the molecule is CNCc1cc(F)ccc1N(C)Cc1ccc(Br)cc1. The van der Waals surface area contributed by atoms with Crippen molar-refractivity contribution in [2.75, 3.05) is 19.0 Å². The van der Waals surface area contributed by atoms with Gasteiger partial charge in [0, 0.05) is 30.3 Å². The second-order valence-electron chi connectivity index (χ2n) is 4.79. The predicted octanol–water partition coefficient (Wildman–Crippen LogP) is 3.94. The lowest BCUT2D eigenvalue weighted by atomic mass is 10.1. The normalized spacial score (nSPS) is 10.6. The Labute approximate surface area is 127 Å². The number of hydrogen-bond acceptors (Lipinski definition) is 2. The highest BCUT2D eigenvalue weighted by Gasteiger charge is 2.09. The number of rotatable bonds is 5. The molecule has 0 atom stereocenters. The summed E-state index contributed by atoms with van der Waals surface area (Å²) in [5.74, 6) is -0.198. The van der Waals surface area contributed by atoms with Gasteiger partial charge in [0.1, 0.15) is 5.82 Å². The van der Waals surface area contributed by atoms with E-state index in [1.165, 1.54) is 11.6 Å². The summed E-state index contributed by atoms with van der Waals surface area (Å²) in [5, 5.41) is 3.08. The molecule has 1 N–H and O–H groups in total. The molecule has 4 heteroatoms. The van der Waals surface area contributed by atoms with E-state index >= 15 is 0 Å². The van der Waals surface area contributed by atoms with Crippen LogP contribution >= 0.6 is 15.9 Å². The van der Waals surface area contributed by atoms with Crippen molar-refractivity contribution in [2.45, 2.75) is 13.1 Å². The van der Waals surface area contributed by atoms with Crippen LogP contribution in [-0.4, -0.2) is 14.1 Å². The lowest BCUT2D eigenvalue weighted by molar-refractivity contribution is 0.623. The molecule has 2 nitrogen and oxygen atoms in total. The Hall–Kier alpha value is -1.39. The van der Waals surface area contributed by atoms with Crippen molar-refractivity contribution in [3.63, 3.8) is 0 Å². The number of nitrogens with zero attached hydrogens (tertiary/aromatic N) is 1. The van der Waals surface area contributed by atoms with Gasteiger partial charge in [-0.1, -0.05) is 28.1 Å². The zero-order chi connectivity index (χ0) is 14.5. The third-order valence-electron chi connectivity index (χ3n) is 3.15. The number of anilines is 1. The average molecular weight is 337 g/mol. The van der Waals surface area contributed by atoms with Crippen LogP contribution in [0.15, 0.2) is 46.9 Å². The van der Waals surface area contributed by atoms with Gasteiger partial charge in [0.25, 0.3) is 0 Å². The topological polar surface area (TPSA) is 15.3 Å². The van der Waals surface area contributed by atoms with E-state index in [1.54, 1.807) is 6.07 Å². The molecule has 0 radical (unpaired) electrons. The van der Waals surface area contributed by atoms with Gasteiger partial charge in [-0.15, -0.1) is 0 Å². The molecule has 106 valence electrons. The number of halogens is 2. The van der Waals surface area contributed by atoms with Crippen LogP contribution in [-0.2, 0) is 13.1 Å². The summed E-state index contributed by atoms with van der Waals surface area (Å²) in [6, 6.07) is 13.2. The van der Waals surface area contributed by atoms with Crippen LogP contribution in [0.2, 0.25) is 0 Å². The molecule has 0 bridgehead atoms. The number of nitrogens with one attached hydrogen (secondary N) is 1. The van der Waals surface area contributed by atoms with E-state index in [4.69, 9.17) is 0 Å². The molecule has 2 aromatic rings. The minimum Gasteiger partial charge on any atom is -0.370 e. The van der Waals surface area contributed by atoms with E-state index in [1.807, 2.05) is 32.3 Å². The van der Waals surface area contributed by atoms with Crippen molar-refractivity contribution in [3.8, 4) is 0 Å². The molecule has 0 saturated heterocycles. The van der Waals surface area contributed by atoms with E-state index in [0.717, 1.165) is 22.3 Å². The van der Waals surface area contributed by atoms with Crippen LogP contribution < -0.4 is 10.2 Å². The highest BCUT2D eigenvalue weighted by atomic mass is 79.9. The van der Waals surface area contributed by atoms with Crippen LogP contribution in [0, 0.1) is 5.82 Å². The van der Waals surface area contributed by atoms with Gasteiger partial charge in [0.2, 0.25) is 0 Å². The molecule has 0 fully saturated rings. The maximum Gasteiger partial charge on any atom is 0.123 e. The molecule has 0 aliphatic rings. The van der Waals surface area contributed by atoms with E-state index in [-0.39, 0.29) is 5.82 Å². The average Bonchev–Trinajstić information content (AvgIpc) is 2.42. The zero-order valence-electron chi connectivity index (χ0n) is 11.7. The maximum atomic E-state index is 13.4. The smallest absolute Gasteiger partial charge is 0.123 e. The van der Waals surface area contributed by atoms with Crippen molar-refractivity contribution < 1.29 is 4.39 Å². The van der Waals surface area contributed by atoms with E-state index in [2.05, 4.69) is 38.3 Å². The summed E-state index contributed by atoms with van der Waals surface area (Å²) in [7, 11) is 3.89. The Morgan fingerprint density at radius 1 is 1.15 bits per heavy atom. The van der Waals surface area contributed by atoms with Crippen molar-refractivity contribution in [3.05, 3.63) is 63.9 Å². The summed E-state index contributed by atoms with van der Waals surface area (Å²) in [5.41, 5.74) is 3.23. The van der Waals surface area contributed by atoms with Crippen molar-refractivity contribution in [1.82, 2.24) is 5.32 Å². The van der Waals surface area contributed by atoms with Gasteiger partial charge in [0.15, 0.2) is 0 Å². The molecule has 20 heavy (non-hydrogen) atoms. The summed E-state index contributed by atoms with van der Waals surface area (Å²) in [6.07, 6.45) is 0. The van der Waals surface area contributed by atoms with Gasteiger partial charge in [-0.2, -0.15) is 0 Å². The van der Waals surface area contributed by atoms with Crippen LogP contribution in [0.25, 0.3) is 0 Å². The Kier molecular flexibility index (Phi) is 5.15. The van der Waals surface area contributed by atoms with Crippen LogP contribution in [0.1, 0.15) is 11.1 Å². The molecule has 0 saturated carbocycles. The summed E-state index contributed by atoms with van der Waals surface area (Å²) >= 11 is 3.43. The first kappa shape index (κ1) is 15.0.